The summed E-state index contributed by atoms with van der Waals surface area (Å²) in [6.07, 6.45) is -0.619. The predicted octanol–water partition coefficient (Wildman–Crippen LogP) is 0.500. The SMILES string of the molecule is CC.CNC(=O)[C@@H](NC(=O)[C@@H]1COC(=O)N1)C(C)C.[HH].[HH]. The highest BCUT2D eigenvalue weighted by Crippen LogP contribution is 2.04. The molecule has 0 saturated carbocycles. The van der Waals surface area contributed by atoms with E-state index >= 15 is 0 Å². The number of carbonyl (C=O) groups is 3. The van der Waals surface area contributed by atoms with E-state index in [0.29, 0.717) is 0 Å². The molecule has 19 heavy (non-hydrogen) atoms. The van der Waals surface area contributed by atoms with Crippen molar-refractivity contribution in [1.29, 1.82) is 0 Å². The molecule has 7 nitrogen and oxygen atoms in total. The second-order valence-electron chi connectivity index (χ2n) is 4.14. The lowest BCUT2D eigenvalue weighted by molar-refractivity contribution is -0.130. The van der Waals surface area contributed by atoms with Crippen LogP contribution in [0.4, 0.5) is 4.79 Å². The lowest BCUT2D eigenvalue weighted by atomic mass is 10.0. The van der Waals surface area contributed by atoms with Gasteiger partial charge in [-0.2, -0.15) is 0 Å². The Morgan fingerprint density at radius 1 is 1.42 bits per heavy atom. The summed E-state index contributed by atoms with van der Waals surface area (Å²) < 4.78 is 4.60. The molecule has 0 aromatic carbocycles. The highest BCUT2D eigenvalue weighted by atomic mass is 16.6. The molecule has 2 atom stereocenters. The van der Waals surface area contributed by atoms with Gasteiger partial charge in [-0.1, -0.05) is 27.7 Å². The van der Waals surface area contributed by atoms with Gasteiger partial charge in [0.15, 0.2) is 0 Å². The van der Waals surface area contributed by atoms with E-state index in [0.717, 1.165) is 0 Å². The second kappa shape index (κ2) is 8.34. The van der Waals surface area contributed by atoms with Gasteiger partial charge in [-0.15, -0.1) is 0 Å². The van der Waals surface area contributed by atoms with Crippen LogP contribution in [0.15, 0.2) is 0 Å². The molecule has 3 amide bonds. The van der Waals surface area contributed by atoms with Crippen LogP contribution in [-0.4, -0.2) is 43.6 Å². The number of hydrogen-bond acceptors (Lipinski definition) is 4. The van der Waals surface area contributed by atoms with Crippen LogP contribution in [0, 0.1) is 5.92 Å². The molecule has 0 spiro atoms. The third-order valence-corrected chi connectivity index (χ3v) is 2.48. The van der Waals surface area contributed by atoms with Gasteiger partial charge in [0.05, 0.1) is 0 Å². The van der Waals surface area contributed by atoms with Crippen LogP contribution in [0.3, 0.4) is 0 Å². The molecular formula is C12H27N3O4. The molecule has 0 aromatic heterocycles. The summed E-state index contributed by atoms with van der Waals surface area (Å²) in [7, 11) is 1.50. The van der Waals surface area contributed by atoms with Gasteiger partial charge >= 0.3 is 6.09 Å². The molecule has 1 aliphatic rings. The fourth-order valence-corrected chi connectivity index (χ4v) is 1.47. The number of likely N-dealkylation sites (N-methyl/N-ethyl adjacent to an activating group) is 1. The number of nitrogens with one attached hydrogen (secondary N) is 3. The number of hydrogen-bond donors (Lipinski definition) is 3. The lowest BCUT2D eigenvalue weighted by Crippen LogP contribution is -2.53. The molecule has 0 aliphatic carbocycles. The van der Waals surface area contributed by atoms with E-state index in [-0.39, 0.29) is 21.3 Å². The molecule has 1 aliphatic heterocycles. The molecule has 0 bridgehead atoms. The molecule has 1 heterocycles. The number of rotatable bonds is 4. The van der Waals surface area contributed by atoms with Gasteiger partial charge in [-0.05, 0) is 5.92 Å². The average Bonchev–Trinajstić information content (AvgIpc) is 2.83. The Bertz CT molecular complexity index is 340. The van der Waals surface area contributed by atoms with Crippen LogP contribution in [0.5, 0.6) is 0 Å². The largest absolute Gasteiger partial charge is 0.447 e. The van der Waals surface area contributed by atoms with E-state index in [2.05, 4.69) is 20.7 Å². The zero-order valence-corrected chi connectivity index (χ0v) is 12.1. The summed E-state index contributed by atoms with van der Waals surface area (Å²) >= 11 is 0. The van der Waals surface area contributed by atoms with Crippen molar-refractivity contribution in [2.45, 2.75) is 39.8 Å². The van der Waals surface area contributed by atoms with E-state index in [9.17, 15) is 14.4 Å². The summed E-state index contributed by atoms with van der Waals surface area (Å²) in [6, 6.07) is -1.35. The molecule has 7 heteroatoms. The number of alkyl carbamates (subject to hydrolysis) is 1. The lowest BCUT2D eigenvalue weighted by Gasteiger charge is -2.21. The van der Waals surface area contributed by atoms with Gasteiger partial charge in [-0.3, -0.25) is 9.59 Å². The fourth-order valence-electron chi connectivity index (χ4n) is 1.47. The van der Waals surface area contributed by atoms with Crippen molar-refractivity contribution in [3.8, 4) is 0 Å². The molecule has 0 unspecified atom stereocenters. The normalized spacial score (nSPS) is 18.6. The smallest absolute Gasteiger partial charge is 0.407 e. The molecular weight excluding hydrogens is 250 g/mol. The Morgan fingerprint density at radius 2 is 2.00 bits per heavy atom. The van der Waals surface area contributed by atoms with Crippen LogP contribution >= 0.6 is 0 Å². The van der Waals surface area contributed by atoms with Crippen molar-refractivity contribution in [3.05, 3.63) is 0 Å². The molecule has 3 N–H and O–H groups in total. The first kappa shape index (κ1) is 17.2. The Morgan fingerprint density at radius 3 is 2.37 bits per heavy atom. The van der Waals surface area contributed by atoms with E-state index in [4.69, 9.17) is 0 Å². The highest BCUT2D eigenvalue weighted by molar-refractivity contribution is 5.92. The van der Waals surface area contributed by atoms with Crippen molar-refractivity contribution in [2.75, 3.05) is 13.7 Å². The second-order valence-corrected chi connectivity index (χ2v) is 4.14. The Labute approximate surface area is 116 Å². The first-order chi connectivity index (χ1) is 8.95. The van der Waals surface area contributed by atoms with Gasteiger partial charge < -0.3 is 20.7 Å². The van der Waals surface area contributed by atoms with Crippen molar-refractivity contribution in [3.63, 3.8) is 0 Å². The number of carbonyl (C=O) groups excluding carboxylic acids is 3. The van der Waals surface area contributed by atoms with Crippen molar-refractivity contribution >= 4 is 17.9 Å². The van der Waals surface area contributed by atoms with Gasteiger partial charge in [0, 0.05) is 9.90 Å². The van der Waals surface area contributed by atoms with Gasteiger partial charge in [-0.25, -0.2) is 4.79 Å². The molecule has 0 radical (unpaired) electrons. The van der Waals surface area contributed by atoms with Crippen molar-refractivity contribution in [2.24, 2.45) is 5.92 Å². The predicted molar refractivity (Wildman–Crippen MR) is 74.7 cm³/mol. The monoisotopic (exact) mass is 277 g/mol. The minimum Gasteiger partial charge on any atom is -0.447 e. The third kappa shape index (κ3) is 5.15. The summed E-state index contributed by atoms with van der Waals surface area (Å²) in [5, 5.41) is 7.41. The minimum absolute atomic E-state index is 0. The van der Waals surface area contributed by atoms with Crippen molar-refractivity contribution in [1.82, 2.24) is 16.0 Å². The van der Waals surface area contributed by atoms with Gasteiger partial charge in [0.2, 0.25) is 11.8 Å². The molecule has 1 fully saturated rings. The van der Waals surface area contributed by atoms with Crippen LogP contribution in [-0.2, 0) is 14.3 Å². The Hall–Kier alpha value is -1.79. The number of amides is 3. The minimum atomic E-state index is -0.728. The summed E-state index contributed by atoms with van der Waals surface area (Å²) in [4.78, 5) is 34.0. The van der Waals surface area contributed by atoms with E-state index in [1.807, 2.05) is 27.7 Å². The number of ether oxygens (including phenoxy) is 1. The zero-order chi connectivity index (χ0) is 15.0. The maximum atomic E-state index is 11.7. The van der Waals surface area contributed by atoms with Crippen LogP contribution in [0.1, 0.15) is 30.5 Å². The van der Waals surface area contributed by atoms with E-state index < -0.39 is 24.1 Å². The first-order valence-electron chi connectivity index (χ1n) is 6.41. The van der Waals surface area contributed by atoms with Gasteiger partial charge in [0.1, 0.15) is 18.7 Å². The molecule has 1 saturated heterocycles. The van der Waals surface area contributed by atoms with Crippen LogP contribution in [0.2, 0.25) is 0 Å². The topological polar surface area (TPSA) is 96.5 Å². The van der Waals surface area contributed by atoms with Crippen LogP contribution in [0.25, 0.3) is 0 Å². The maximum absolute atomic E-state index is 11.7. The Balaban J connectivity index is -0.000000774. The highest BCUT2D eigenvalue weighted by Gasteiger charge is 2.32. The van der Waals surface area contributed by atoms with E-state index in [1.165, 1.54) is 7.05 Å². The zero-order valence-electron chi connectivity index (χ0n) is 12.1. The van der Waals surface area contributed by atoms with E-state index in [1.54, 1.807) is 0 Å². The average molecular weight is 277 g/mol. The summed E-state index contributed by atoms with van der Waals surface area (Å²) in [5.41, 5.74) is 0. The first-order valence-corrected chi connectivity index (χ1v) is 6.41. The fraction of sp³-hybridized carbons (Fsp3) is 0.750. The summed E-state index contributed by atoms with van der Waals surface area (Å²) in [6.45, 7) is 7.64. The summed E-state index contributed by atoms with van der Waals surface area (Å²) in [5.74, 6) is -0.728. The Kier molecular flexibility index (Phi) is 7.55. The maximum Gasteiger partial charge on any atom is 0.407 e. The van der Waals surface area contributed by atoms with Gasteiger partial charge in [0.25, 0.3) is 0 Å². The van der Waals surface area contributed by atoms with Crippen molar-refractivity contribution < 1.29 is 22.0 Å². The standard InChI is InChI=1S/C10H17N3O4.C2H6.2H2/c1-5(2)7(9(15)11-3)13-8(14)6-4-17-10(16)12-6;1-2;;/h5-7H,4H2,1-3H3,(H,11,15)(H,12,16)(H,13,14);1-2H3;2*1H/t6-,7-;;;/m0.../s1. The quantitative estimate of drug-likeness (QED) is 0.697. The molecule has 1 rings (SSSR count). The van der Waals surface area contributed by atoms with Crippen LogP contribution < -0.4 is 16.0 Å². The molecule has 114 valence electrons. The third-order valence-electron chi connectivity index (χ3n) is 2.48. The number of cyclic esters (lactones) is 1. The molecule has 0 aromatic rings.